The zero-order chi connectivity index (χ0) is 14.6. The van der Waals surface area contributed by atoms with Crippen molar-refractivity contribution in [2.45, 2.75) is 37.7 Å². The van der Waals surface area contributed by atoms with Crippen LogP contribution in [0.25, 0.3) is 0 Å². The molecule has 2 nitrogen and oxygen atoms in total. The Labute approximate surface area is 130 Å². The summed E-state index contributed by atoms with van der Waals surface area (Å²) in [7, 11) is 0. The summed E-state index contributed by atoms with van der Waals surface area (Å²) in [4.78, 5) is 0. The standard InChI is InChI=1S/C14H18BrF2NOS/c1-14(5-2-6-20-14)9-18-8-10-7-11(15)3-4-12(10)19-13(16)17/h3-4,7,13,18H,2,5-6,8-9H2,1H3. The summed E-state index contributed by atoms with van der Waals surface area (Å²) >= 11 is 5.33. The summed E-state index contributed by atoms with van der Waals surface area (Å²) < 4.78 is 30.4. The highest BCUT2D eigenvalue weighted by atomic mass is 79.9. The molecular formula is C14H18BrF2NOS. The molecule has 0 aliphatic carbocycles. The lowest BCUT2D eigenvalue weighted by Gasteiger charge is -2.23. The van der Waals surface area contributed by atoms with Crippen LogP contribution in [0.1, 0.15) is 25.3 Å². The van der Waals surface area contributed by atoms with Gasteiger partial charge in [-0.15, -0.1) is 0 Å². The van der Waals surface area contributed by atoms with Crippen LogP contribution in [0.4, 0.5) is 8.78 Å². The molecule has 0 aromatic heterocycles. The second-order valence-electron chi connectivity index (χ2n) is 5.14. The quantitative estimate of drug-likeness (QED) is 0.805. The number of alkyl halides is 2. The number of hydrogen-bond donors (Lipinski definition) is 1. The van der Waals surface area contributed by atoms with Crippen molar-refractivity contribution in [2.75, 3.05) is 12.3 Å². The average molecular weight is 366 g/mol. The van der Waals surface area contributed by atoms with Crippen LogP contribution < -0.4 is 10.1 Å². The van der Waals surface area contributed by atoms with Crippen LogP contribution in [-0.4, -0.2) is 23.7 Å². The molecule has 1 fully saturated rings. The van der Waals surface area contributed by atoms with Gasteiger partial charge in [-0.2, -0.15) is 20.5 Å². The highest BCUT2D eigenvalue weighted by molar-refractivity contribution is 9.10. The van der Waals surface area contributed by atoms with Gasteiger partial charge in [0.25, 0.3) is 0 Å². The Morgan fingerprint density at radius 2 is 2.30 bits per heavy atom. The number of nitrogens with one attached hydrogen (secondary N) is 1. The molecule has 20 heavy (non-hydrogen) atoms. The average Bonchev–Trinajstić information content (AvgIpc) is 2.79. The normalized spacial score (nSPS) is 22.4. The van der Waals surface area contributed by atoms with Crippen molar-refractivity contribution in [2.24, 2.45) is 0 Å². The molecule has 2 rings (SSSR count). The maximum Gasteiger partial charge on any atom is 0.387 e. The fraction of sp³-hybridized carbons (Fsp3) is 0.571. The minimum absolute atomic E-state index is 0.236. The van der Waals surface area contributed by atoms with Crippen LogP contribution in [0.5, 0.6) is 5.75 Å². The molecule has 112 valence electrons. The third-order valence-electron chi connectivity index (χ3n) is 3.35. The molecule has 1 aromatic carbocycles. The van der Waals surface area contributed by atoms with E-state index in [-0.39, 0.29) is 10.5 Å². The van der Waals surface area contributed by atoms with E-state index < -0.39 is 6.61 Å². The molecule has 1 aliphatic rings. The van der Waals surface area contributed by atoms with E-state index in [0.29, 0.717) is 6.54 Å². The topological polar surface area (TPSA) is 21.3 Å². The Kier molecular flexibility index (Phi) is 5.69. The minimum atomic E-state index is -2.79. The third kappa shape index (κ3) is 4.60. The Morgan fingerprint density at radius 3 is 2.95 bits per heavy atom. The highest BCUT2D eigenvalue weighted by Crippen LogP contribution is 2.37. The molecule has 1 saturated heterocycles. The fourth-order valence-corrected chi connectivity index (χ4v) is 4.02. The second-order valence-corrected chi connectivity index (χ2v) is 7.73. The van der Waals surface area contributed by atoms with Crippen molar-refractivity contribution < 1.29 is 13.5 Å². The summed E-state index contributed by atoms with van der Waals surface area (Å²) in [6.07, 6.45) is 2.45. The van der Waals surface area contributed by atoms with Gasteiger partial charge in [0.2, 0.25) is 0 Å². The van der Waals surface area contributed by atoms with Gasteiger partial charge in [-0.3, -0.25) is 0 Å². The predicted octanol–water partition coefficient (Wildman–Crippen LogP) is 4.43. The third-order valence-corrected chi connectivity index (χ3v) is 5.38. The number of rotatable bonds is 6. The summed E-state index contributed by atoms with van der Waals surface area (Å²) in [5.74, 6) is 1.44. The fourth-order valence-electron chi connectivity index (χ4n) is 2.33. The van der Waals surface area contributed by atoms with Crippen molar-refractivity contribution in [3.8, 4) is 5.75 Å². The molecule has 1 aliphatic heterocycles. The van der Waals surface area contributed by atoms with Gasteiger partial charge in [0.1, 0.15) is 5.75 Å². The van der Waals surface area contributed by atoms with Gasteiger partial charge in [0.05, 0.1) is 0 Å². The van der Waals surface area contributed by atoms with Crippen molar-refractivity contribution in [1.82, 2.24) is 5.32 Å². The van der Waals surface area contributed by atoms with Gasteiger partial charge in [-0.05, 0) is 43.7 Å². The number of ether oxygens (including phenoxy) is 1. The molecule has 0 bridgehead atoms. The smallest absolute Gasteiger partial charge is 0.387 e. The molecular weight excluding hydrogens is 348 g/mol. The highest BCUT2D eigenvalue weighted by Gasteiger charge is 2.28. The zero-order valence-electron chi connectivity index (χ0n) is 11.3. The number of thioether (sulfide) groups is 1. The molecule has 0 radical (unpaired) electrons. The number of halogens is 3. The second kappa shape index (κ2) is 7.09. The molecule has 1 atom stereocenters. The van der Waals surface area contributed by atoms with Crippen LogP contribution in [-0.2, 0) is 6.54 Å². The lowest BCUT2D eigenvalue weighted by molar-refractivity contribution is -0.0505. The number of benzene rings is 1. The molecule has 1 N–H and O–H groups in total. The first-order chi connectivity index (χ1) is 9.48. The van der Waals surface area contributed by atoms with E-state index in [1.807, 2.05) is 17.8 Å². The number of hydrogen-bond acceptors (Lipinski definition) is 3. The Hall–Kier alpha value is -0.330. The summed E-state index contributed by atoms with van der Waals surface area (Å²) in [6.45, 7) is 0.850. The largest absolute Gasteiger partial charge is 0.434 e. The lowest BCUT2D eigenvalue weighted by atomic mass is 10.1. The molecule has 0 spiro atoms. The van der Waals surface area contributed by atoms with Crippen LogP contribution in [0.3, 0.4) is 0 Å². The van der Waals surface area contributed by atoms with Gasteiger partial charge in [0.15, 0.2) is 0 Å². The van der Waals surface area contributed by atoms with Crippen LogP contribution in [0.15, 0.2) is 22.7 Å². The first-order valence-electron chi connectivity index (χ1n) is 6.56. The summed E-state index contributed by atoms with van der Waals surface area (Å²) in [5.41, 5.74) is 0.742. The van der Waals surface area contributed by atoms with E-state index >= 15 is 0 Å². The van der Waals surface area contributed by atoms with E-state index in [4.69, 9.17) is 0 Å². The van der Waals surface area contributed by atoms with Gasteiger partial charge in [-0.1, -0.05) is 15.9 Å². The Balaban J connectivity index is 1.95. The van der Waals surface area contributed by atoms with Gasteiger partial charge >= 0.3 is 6.61 Å². The summed E-state index contributed by atoms with van der Waals surface area (Å²) in [6, 6.07) is 5.09. The molecule has 1 aromatic rings. The van der Waals surface area contributed by atoms with Gasteiger partial charge in [-0.25, -0.2) is 0 Å². The van der Waals surface area contributed by atoms with E-state index in [2.05, 4.69) is 32.9 Å². The van der Waals surface area contributed by atoms with E-state index in [1.165, 1.54) is 18.6 Å². The van der Waals surface area contributed by atoms with Crippen molar-refractivity contribution in [3.63, 3.8) is 0 Å². The lowest BCUT2D eigenvalue weighted by Crippen LogP contribution is -2.32. The van der Waals surface area contributed by atoms with E-state index in [9.17, 15) is 8.78 Å². The maximum absolute atomic E-state index is 12.4. The first kappa shape index (κ1) is 16.0. The SMILES string of the molecule is CC1(CNCc2cc(Br)ccc2OC(F)F)CCCS1. The molecule has 0 saturated carbocycles. The predicted molar refractivity (Wildman–Crippen MR) is 82.6 cm³/mol. The monoisotopic (exact) mass is 365 g/mol. The van der Waals surface area contributed by atoms with Crippen molar-refractivity contribution in [3.05, 3.63) is 28.2 Å². The molecule has 0 amide bonds. The zero-order valence-corrected chi connectivity index (χ0v) is 13.7. The Bertz CT molecular complexity index is 453. The maximum atomic E-state index is 12.4. The van der Waals surface area contributed by atoms with E-state index in [0.717, 1.165) is 16.6 Å². The van der Waals surface area contributed by atoms with Crippen molar-refractivity contribution in [1.29, 1.82) is 0 Å². The van der Waals surface area contributed by atoms with Gasteiger partial charge < -0.3 is 10.1 Å². The summed E-state index contributed by atoms with van der Waals surface area (Å²) in [5, 5.41) is 3.36. The Morgan fingerprint density at radius 1 is 1.50 bits per heavy atom. The molecule has 1 heterocycles. The van der Waals surface area contributed by atoms with Gasteiger partial charge in [0, 0.05) is 27.9 Å². The molecule has 6 heteroatoms. The minimum Gasteiger partial charge on any atom is -0.434 e. The van der Waals surface area contributed by atoms with Crippen LogP contribution >= 0.6 is 27.7 Å². The van der Waals surface area contributed by atoms with Crippen molar-refractivity contribution >= 4 is 27.7 Å². The van der Waals surface area contributed by atoms with Crippen LogP contribution in [0.2, 0.25) is 0 Å². The van der Waals surface area contributed by atoms with Crippen LogP contribution in [0, 0.1) is 0 Å². The first-order valence-corrected chi connectivity index (χ1v) is 8.34. The van der Waals surface area contributed by atoms with E-state index in [1.54, 1.807) is 12.1 Å². The molecule has 1 unspecified atom stereocenters.